The Balaban J connectivity index is 3.57. The van der Waals surface area contributed by atoms with Crippen molar-refractivity contribution in [2.24, 2.45) is 0 Å². The highest BCUT2D eigenvalue weighted by Gasteiger charge is 2.13. The number of ketones is 1. The third-order valence-electron chi connectivity index (χ3n) is 1.63. The first-order valence-electron chi connectivity index (χ1n) is 4.79. The summed E-state index contributed by atoms with van der Waals surface area (Å²) in [5.74, 6) is -0.0487. The molecule has 2 N–H and O–H groups in total. The molecule has 0 aliphatic rings. The number of ether oxygens (including phenoxy) is 1. The lowest BCUT2D eigenvalue weighted by atomic mass is 10.1. The minimum atomic E-state index is -0.798. The van der Waals surface area contributed by atoms with Gasteiger partial charge in [-0.25, -0.2) is 0 Å². The van der Waals surface area contributed by atoms with E-state index in [9.17, 15) is 4.79 Å². The van der Waals surface area contributed by atoms with E-state index in [2.05, 4.69) is 0 Å². The minimum Gasteiger partial charge on any atom is -0.394 e. The molecule has 0 fully saturated rings. The second-order valence-corrected chi connectivity index (χ2v) is 4.31. The molecule has 0 spiro atoms. The molecule has 4 nitrogen and oxygen atoms in total. The van der Waals surface area contributed by atoms with Gasteiger partial charge in [-0.15, -0.1) is 0 Å². The zero-order valence-electron chi connectivity index (χ0n) is 9.12. The molecule has 0 radical (unpaired) electrons. The lowest BCUT2D eigenvalue weighted by Crippen LogP contribution is -2.24. The number of rotatable bonds is 6. The fourth-order valence-corrected chi connectivity index (χ4v) is 0.788. The maximum Gasteiger partial charge on any atom is 0.158 e. The van der Waals surface area contributed by atoms with Crippen molar-refractivity contribution in [1.29, 1.82) is 0 Å². The highest BCUT2D eigenvalue weighted by Crippen LogP contribution is 2.07. The topological polar surface area (TPSA) is 66.8 Å². The molecule has 1 atom stereocenters. The average Bonchev–Trinajstić information content (AvgIpc) is 2.09. The fourth-order valence-electron chi connectivity index (χ4n) is 0.788. The van der Waals surface area contributed by atoms with Crippen molar-refractivity contribution in [3.8, 4) is 0 Å². The number of carbonyl (C=O) groups excluding carboxylic acids is 1. The summed E-state index contributed by atoms with van der Waals surface area (Å²) >= 11 is 0. The summed E-state index contributed by atoms with van der Waals surface area (Å²) in [6.45, 7) is 5.41. The summed E-state index contributed by atoms with van der Waals surface area (Å²) in [4.78, 5) is 11.2. The van der Waals surface area contributed by atoms with Crippen LogP contribution in [0, 0.1) is 0 Å². The minimum absolute atomic E-state index is 0.0487. The molecule has 84 valence electrons. The highest BCUT2D eigenvalue weighted by atomic mass is 16.5. The Hall–Kier alpha value is -0.450. The predicted molar refractivity (Wildman–Crippen MR) is 53.0 cm³/mol. The van der Waals surface area contributed by atoms with Gasteiger partial charge in [-0.2, -0.15) is 0 Å². The molecule has 4 heteroatoms. The molecule has 14 heavy (non-hydrogen) atoms. The van der Waals surface area contributed by atoms with Crippen LogP contribution in [0.25, 0.3) is 0 Å². The molecule has 1 unspecified atom stereocenters. The van der Waals surface area contributed by atoms with Gasteiger partial charge in [0.2, 0.25) is 0 Å². The van der Waals surface area contributed by atoms with Crippen LogP contribution >= 0.6 is 0 Å². The Labute approximate surface area is 84.9 Å². The van der Waals surface area contributed by atoms with E-state index in [0.29, 0.717) is 6.42 Å². The van der Waals surface area contributed by atoms with Gasteiger partial charge in [0, 0.05) is 6.42 Å². The van der Waals surface area contributed by atoms with Crippen LogP contribution in [0.2, 0.25) is 0 Å². The van der Waals surface area contributed by atoms with Gasteiger partial charge >= 0.3 is 0 Å². The molecule has 0 aromatic carbocycles. The van der Waals surface area contributed by atoms with Gasteiger partial charge in [-0.1, -0.05) is 0 Å². The number of Topliss-reactive ketones (excluding diaryl/α,β-unsaturated/α-hetero) is 1. The van der Waals surface area contributed by atoms with Crippen LogP contribution in [0.5, 0.6) is 0 Å². The molecule has 0 aliphatic heterocycles. The lowest BCUT2D eigenvalue weighted by molar-refractivity contribution is -0.129. The Morgan fingerprint density at radius 2 is 2.00 bits per heavy atom. The predicted octanol–water partition coefficient (Wildman–Crippen LogP) is 0.504. The van der Waals surface area contributed by atoms with E-state index in [0.717, 1.165) is 0 Å². The zero-order valence-corrected chi connectivity index (χ0v) is 9.12. The molecule has 0 rings (SSSR count). The van der Waals surface area contributed by atoms with E-state index in [1.807, 2.05) is 20.8 Å². The van der Waals surface area contributed by atoms with E-state index >= 15 is 0 Å². The van der Waals surface area contributed by atoms with Crippen molar-refractivity contribution in [3.05, 3.63) is 0 Å². The van der Waals surface area contributed by atoms with Gasteiger partial charge in [0.15, 0.2) is 5.78 Å². The number of carbonyl (C=O) groups is 1. The SMILES string of the molecule is CC(C)(C)OCC(=O)CCC(O)CO. The average molecular weight is 204 g/mol. The van der Waals surface area contributed by atoms with E-state index in [1.54, 1.807) is 0 Å². The third kappa shape index (κ3) is 8.16. The van der Waals surface area contributed by atoms with Crippen LogP contribution in [0.4, 0.5) is 0 Å². The molecule has 0 amide bonds. The van der Waals surface area contributed by atoms with Crippen LogP contribution in [0.15, 0.2) is 0 Å². The Kier molecular flexibility index (Phi) is 5.92. The quantitative estimate of drug-likeness (QED) is 0.661. The smallest absolute Gasteiger partial charge is 0.158 e. The summed E-state index contributed by atoms with van der Waals surface area (Å²) in [6.07, 6.45) is -0.255. The zero-order chi connectivity index (χ0) is 11.2. The molecule has 0 aromatic rings. The number of hydrogen-bond donors (Lipinski definition) is 2. The molecule has 0 aromatic heterocycles. The maximum atomic E-state index is 11.2. The number of hydrogen-bond acceptors (Lipinski definition) is 4. The molecule has 0 heterocycles. The standard InChI is InChI=1S/C10H20O4/c1-10(2,3)14-7-9(13)5-4-8(12)6-11/h8,11-12H,4-7H2,1-3H3. The summed E-state index contributed by atoms with van der Waals surface area (Å²) < 4.78 is 5.26. The highest BCUT2D eigenvalue weighted by molar-refractivity contribution is 5.79. The van der Waals surface area contributed by atoms with Crippen molar-refractivity contribution in [2.75, 3.05) is 13.2 Å². The van der Waals surface area contributed by atoms with E-state index < -0.39 is 6.10 Å². The Morgan fingerprint density at radius 1 is 1.43 bits per heavy atom. The molecular weight excluding hydrogens is 184 g/mol. The summed E-state index contributed by atoms with van der Waals surface area (Å²) in [5, 5.41) is 17.5. The van der Waals surface area contributed by atoms with Crippen LogP contribution in [-0.2, 0) is 9.53 Å². The van der Waals surface area contributed by atoms with Crippen LogP contribution in [-0.4, -0.2) is 40.9 Å². The summed E-state index contributed by atoms with van der Waals surface area (Å²) in [6, 6.07) is 0. The first kappa shape index (κ1) is 13.5. The molecule has 0 saturated heterocycles. The summed E-state index contributed by atoms with van der Waals surface area (Å²) in [5.41, 5.74) is -0.314. The number of aliphatic hydroxyl groups is 2. The van der Waals surface area contributed by atoms with Crippen molar-refractivity contribution in [3.63, 3.8) is 0 Å². The van der Waals surface area contributed by atoms with Gasteiger partial charge in [0.05, 0.1) is 18.3 Å². The second kappa shape index (κ2) is 6.11. The van der Waals surface area contributed by atoms with Gasteiger partial charge < -0.3 is 14.9 Å². The van der Waals surface area contributed by atoms with E-state index in [1.165, 1.54) is 0 Å². The lowest BCUT2D eigenvalue weighted by Gasteiger charge is -2.18. The Bertz CT molecular complexity index is 171. The van der Waals surface area contributed by atoms with Crippen molar-refractivity contribution < 1.29 is 19.7 Å². The molecule has 0 saturated carbocycles. The monoisotopic (exact) mass is 204 g/mol. The van der Waals surface area contributed by atoms with Crippen LogP contribution in [0.3, 0.4) is 0 Å². The third-order valence-corrected chi connectivity index (χ3v) is 1.63. The van der Waals surface area contributed by atoms with Crippen molar-refractivity contribution in [2.45, 2.75) is 45.3 Å². The van der Waals surface area contributed by atoms with Gasteiger partial charge in [0.1, 0.15) is 6.61 Å². The van der Waals surface area contributed by atoms with Crippen LogP contribution in [0.1, 0.15) is 33.6 Å². The largest absolute Gasteiger partial charge is 0.394 e. The normalized spacial score (nSPS) is 14.1. The van der Waals surface area contributed by atoms with Gasteiger partial charge in [-0.3, -0.25) is 4.79 Å². The molecular formula is C10H20O4. The maximum absolute atomic E-state index is 11.2. The van der Waals surface area contributed by atoms with Gasteiger partial charge in [0.25, 0.3) is 0 Å². The number of aliphatic hydroxyl groups excluding tert-OH is 2. The Morgan fingerprint density at radius 3 is 2.43 bits per heavy atom. The molecule has 0 bridgehead atoms. The van der Waals surface area contributed by atoms with Crippen molar-refractivity contribution in [1.82, 2.24) is 0 Å². The molecule has 0 aliphatic carbocycles. The summed E-state index contributed by atoms with van der Waals surface area (Å²) in [7, 11) is 0. The van der Waals surface area contributed by atoms with E-state index in [-0.39, 0.29) is 31.0 Å². The van der Waals surface area contributed by atoms with Gasteiger partial charge in [-0.05, 0) is 27.2 Å². The van der Waals surface area contributed by atoms with Crippen LogP contribution < -0.4 is 0 Å². The van der Waals surface area contributed by atoms with Crippen molar-refractivity contribution >= 4 is 5.78 Å². The second-order valence-electron chi connectivity index (χ2n) is 4.31. The fraction of sp³-hybridized carbons (Fsp3) is 0.900. The first-order chi connectivity index (χ1) is 6.35. The van der Waals surface area contributed by atoms with E-state index in [4.69, 9.17) is 14.9 Å². The first-order valence-corrected chi connectivity index (χ1v) is 4.79.